The lowest BCUT2D eigenvalue weighted by Crippen LogP contribution is -2.14. The fourth-order valence-corrected chi connectivity index (χ4v) is 2.77. The fraction of sp³-hybridized carbons (Fsp3) is 0.136. The number of nitrogens with zero attached hydrogens (tertiary/aromatic N) is 1. The van der Waals surface area contributed by atoms with Gasteiger partial charge in [0.2, 0.25) is 5.91 Å². The van der Waals surface area contributed by atoms with Crippen LogP contribution in [0.1, 0.15) is 23.2 Å². The largest absolute Gasteiger partial charge is 0.492 e. The molecule has 0 unspecified atom stereocenters. The van der Waals surface area contributed by atoms with Crippen molar-refractivity contribution < 1.29 is 14.3 Å². The van der Waals surface area contributed by atoms with Gasteiger partial charge in [0.1, 0.15) is 5.75 Å². The topological polar surface area (TPSA) is 80.3 Å². The van der Waals surface area contributed by atoms with E-state index >= 15 is 0 Å². The molecule has 0 aliphatic carbocycles. The highest BCUT2D eigenvalue weighted by atomic mass is 35.5. The van der Waals surface area contributed by atoms with Crippen LogP contribution < -0.4 is 15.4 Å². The third kappa shape index (κ3) is 6.33. The molecule has 0 atom stereocenters. The van der Waals surface area contributed by atoms with E-state index in [2.05, 4.69) is 15.6 Å². The van der Waals surface area contributed by atoms with Crippen molar-refractivity contribution in [3.63, 3.8) is 0 Å². The molecular formula is C22H20ClN3O3. The standard InChI is InChI=1S/C22H20ClN3O3/c23-19-9-1-2-10-20(19)29-13-5-11-21(27)25-17-7-3-8-18(14-17)26-22(28)16-6-4-12-24-15-16/h1-4,6-10,12,14-15H,5,11,13H2,(H,25,27)(H,26,28). The van der Waals surface area contributed by atoms with Crippen molar-refractivity contribution in [2.75, 3.05) is 17.2 Å². The summed E-state index contributed by atoms with van der Waals surface area (Å²) in [6.07, 6.45) is 3.95. The van der Waals surface area contributed by atoms with Crippen molar-refractivity contribution in [1.29, 1.82) is 0 Å². The van der Waals surface area contributed by atoms with Gasteiger partial charge in [-0.05, 0) is 48.9 Å². The summed E-state index contributed by atoms with van der Waals surface area (Å²) in [7, 11) is 0. The Balaban J connectivity index is 1.46. The van der Waals surface area contributed by atoms with Gasteiger partial charge in [-0.3, -0.25) is 14.6 Å². The molecule has 0 fully saturated rings. The number of nitrogens with one attached hydrogen (secondary N) is 2. The van der Waals surface area contributed by atoms with E-state index in [1.807, 2.05) is 12.1 Å². The second-order valence-corrected chi connectivity index (χ2v) is 6.61. The molecule has 2 aromatic carbocycles. The number of anilines is 2. The first-order chi connectivity index (χ1) is 14.1. The van der Waals surface area contributed by atoms with E-state index in [9.17, 15) is 9.59 Å². The predicted octanol–water partition coefficient (Wildman–Crippen LogP) is 4.79. The van der Waals surface area contributed by atoms with Crippen molar-refractivity contribution in [2.45, 2.75) is 12.8 Å². The molecule has 0 saturated heterocycles. The van der Waals surface area contributed by atoms with Gasteiger partial charge in [0.15, 0.2) is 0 Å². The number of benzene rings is 2. The summed E-state index contributed by atoms with van der Waals surface area (Å²) in [6, 6.07) is 17.6. The van der Waals surface area contributed by atoms with Crippen LogP contribution >= 0.6 is 11.6 Å². The van der Waals surface area contributed by atoms with Crippen LogP contribution in [0, 0.1) is 0 Å². The van der Waals surface area contributed by atoms with Crippen LogP contribution in [0.2, 0.25) is 5.02 Å². The summed E-state index contributed by atoms with van der Waals surface area (Å²) in [5, 5.41) is 6.15. The van der Waals surface area contributed by atoms with Gasteiger partial charge in [0, 0.05) is 30.2 Å². The highest BCUT2D eigenvalue weighted by Crippen LogP contribution is 2.23. The molecule has 0 bridgehead atoms. The highest BCUT2D eigenvalue weighted by molar-refractivity contribution is 6.32. The lowest BCUT2D eigenvalue weighted by atomic mass is 10.2. The minimum Gasteiger partial charge on any atom is -0.492 e. The Morgan fingerprint density at radius 1 is 0.966 bits per heavy atom. The molecule has 148 valence electrons. The van der Waals surface area contributed by atoms with Crippen molar-refractivity contribution in [3.8, 4) is 5.75 Å². The van der Waals surface area contributed by atoms with Gasteiger partial charge in [-0.15, -0.1) is 0 Å². The molecular weight excluding hydrogens is 390 g/mol. The zero-order valence-corrected chi connectivity index (χ0v) is 16.4. The monoisotopic (exact) mass is 409 g/mol. The third-order valence-corrected chi connectivity index (χ3v) is 4.28. The van der Waals surface area contributed by atoms with Crippen LogP contribution in [0.3, 0.4) is 0 Å². The number of rotatable bonds is 8. The number of aromatic nitrogens is 1. The van der Waals surface area contributed by atoms with Crippen LogP contribution in [-0.2, 0) is 4.79 Å². The molecule has 3 aromatic rings. The molecule has 1 heterocycles. The summed E-state index contributed by atoms with van der Waals surface area (Å²) in [4.78, 5) is 28.3. The van der Waals surface area contributed by atoms with E-state index in [0.717, 1.165) is 0 Å². The first kappa shape index (κ1) is 20.4. The quantitative estimate of drug-likeness (QED) is 0.524. The maximum absolute atomic E-state index is 12.2. The van der Waals surface area contributed by atoms with Gasteiger partial charge in [0.05, 0.1) is 17.2 Å². The molecule has 0 saturated carbocycles. The van der Waals surface area contributed by atoms with Crippen molar-refractivity contribution >= 4 is 34.8 Å². The fourth-order valence-electron chi connectivity index (χ4n) is 2.58. The van der Waals surface area contributed by atoms with Crippen LogP contribution in [-0.4, -0.2) is 23.4 Å². The molecule has 0 radical (unpaired) electrons. The zero-order chi connectivity index (χ0) is 20.5. The van der Waals surface area contributed by atoms with E-state index in [-0.39, 0.29) is 11.8 Å². The van der Waals surface area contributed by atoms with Gasteiger partial charge in [-0.2, -0.15) is 0 Å². The molecule has 3 rings (SSSR count). The van der Waals surface area contributed by atoms with Gasteiger partial charge in [-0.1, -0.05) is 29.8 Å². The van der Waals surface area contributed by atoms with Crippen LogP contribution in [0.4, 0.5) is 11.4 Å². The molecule has 29 heavy (non-hydrogen) atoms. The molecule has 2 amide bonds. The summed E-state index contributed by atoms with van der Waals surface area (Å²) < 4.78 is 5.58. The first-order valence-electron chi connectivity index (χ1n) is 9.10. The normalized spacial score (nSPS) is 10.2. The van der Waals surface area contributed by atoms with E-state index in [1.54, 1.807) is 54.7 Å². The van der Waals surface area contributed by atoms with E-state index in [4.69, 9.17) is 16.3 Å². The second kappa shape index (κ2) is 10.2. The minimum absolute atomic E-state index is 0.136. The smallest absolute Gasteiger partial charge is 0.257 e. The number of para-hydroxylation sites is 1. The Bertz CT molecular complexity index is 980. The molecule has 0 spiro atoms. The maximum Gasteiger partial charge on any atom is 0.257 e. The summed E-state index contributed by atoms with van der Waals surface area (Å²) >= 11 is 6.03. The number of carbonyl (C=O) groups is 2. The predicted molar refractivity (Wildman–Crippen MR) is 113 cm³/mol. The molecule has 0 aliphatic heterocycles. The highest BCUT2D eigenvalue weighted by Gasteiger charge is 2.08. The molecule has 1 aromatic heterocycles. The number of pyridine rings is 1. The lowest BCUT2D eigenvalue weighted by Gasteiger charge is -2.10. The lowest BCUT2D eigenvalue weighted by molar-refractivity contribution is -0.116. The molecule has 6 nitrogen and oxygen atoms in total. The minimum atomic E-state index is -0.265. The van der Waals surface area contributed by atoms with Gasteiger partial charge in [-0.25, -0.2) is 0 Å². The average molecular weight is 410 g/mol. The number of hydrogen-bond donors (Lipinski definition) is 2. The average Bonchev–Trinajstić information content (AvgIpc) is 2.73. The number of amides is 2. The van der Waals surface area contributed by atoms with Gasteiger partial charge in [0.25, 0.3) is 5.91 Å². The van der Waals surface area contributed by atoms with Crippen LogP contribution in [0.15, 0.2) is 73.1 Å². The maximum atomic E-state index is 12.2. The summed E-state index contributed by atoms with van der Waals surface area (Å²) in [5.74, 6) is 0.202. The molecule has 0 aliphatic rings. The zero-order valence-electron chi connectivity index (χ0n) is 15.6. The Hall–Kier alpha value is -3.38. The van der Waals surface area contributed by atoms with E-state index in [0.29, 0.717) is 47.2 Å². The number of hydrogen-bond acceptors (Lipinski definition) is 4. The van der Waals surface area contributed by atoms with E-state index in [1.165, 1.54) is 6.20 Å². The Labute approximate surface area is 173 Å². The van der Waals surface area contributed by atoms with E-state index < -0.39 is 0 Å². The SMILES string of the molecule is O=C(CCCOc1ccccc1Cl)Nc1cccc(NC(=O)c2cccnc2)c1. The van der Waals surface area contributed by atoms with Crippen molar-refractivity contribution in [1.82, 2.24) is 4.98 Å². The third-order valence-electron chi connectivity index (χ3n) is 3.97. The summed E-state index contributed by atoms with van der Waals surface area (Å²) in [5.41, 5.74) is 1.64. The van der Waals surface area contributed by atoms with Gasteiger partial charge >= 0.3 is 0 Å². The number of ether oxygens (including phenoxy) is 1. The van der Waals surface area contributed by atoms with Crippen molar-refractivity contribution in [2.24, 2.45) is 0 Å². The Morgan fingerprint density at radius 2 is 1.76 bits per heavy atom. The van der Waals surface area contributed by atoms with Crippen LogP contribution in [0.5, 0.6) is 5.75 Å². The summed E-state index contributed by atoms with van der Waals surface area (Å²) in [6.45, 7) is 0.387. The van der Waals surface area contributed by atoms with Crippen LogP contribution in [0.25, 0.3) is 0 Å². The first-order valence-corrected chi connectivity index (χ1v) is 9.48. The molecule has 7 heteroatoms. The molecule has 2 N–H and O–H groups in total. The second-order valence-electron chi connectivity index (χ2n) is 6.21. The number of halogens is 1. The Morgan fingerprint density at radius 3 is 2.52 bits per heavy atom. The number of carbonyl (C=O) groups excluding carboxylic acids is 2. The Kier molecular flexibility index (Phi) is 7.19. The van der Waals surface area contributed by atoms with Crippen molar-refractivity contribution in [3.05, 3.63) is 83.6 Å². The van der Waals surface area contributed by atoms with Gasteiger partial charge < -0.3 is 15.4 Å².